The van der Waals surface area contributed by atoms with Crippen molar-refractivity contribution in [1.29, 1.82) is 0 Å². The van der Waals surface area contributed by atoms with Gasteiger partial charge in [-0.25, -0.2) is 4.79 Å². The van der Waals surface area contributed by atoms with E-state index in [0.29, 0.717) is 13.1 Å². The Hall–Kier alpha value is -2.24. The van der Waals surface area contributed by atoms with Crippen LogP contribution in [0.25, 0.3) is 0 Å². The molecule has 6 heteroatoms. The summed E-state index contributed by atoms with van der Waals surface area (Å²) in [7, 11) is 1.61. The van der Waals surface area contributed by atoms with Gasteiger partial charge >= 0.3 is 6.09 Å². The Balaban J connectivity index is 1.60. The van der Waals surface area contributed by atoms with E-state index in [2.05, 4.69) is 36.1 Å². The molecule has 1 aromatic carbocycles. The number of ether oxygens (including phenoxy) is 1. The molecule has 2 aliphatic heterocycles. The monoisotopic (exact) mass is 303 g/mol. The molecule has 0 spiro atoms. The lowest BCUT2D eigenvalue weighted by Crippen LogP contribution is -2.54. The summed E-state index contributed by atoms with van der Waals surface area (Å²) in [5.74, 6) is -0.0164. The van der Waals surface area contributed by atoms with Crippen molar-refractivity contribution in [3.8, 4) is 0 Å². The Bertz CT molecular complexity index is 582. The number of carbonyl (C=O) groups excluding carboxylic acids is 2. The first kappa shape index (κ1) is 14.7. The van der Waals surface area contributed by atoms with E-state index in [0.717, 1.165) is 13.1 Å². The zero-order chi connectivity index (χ0) is 15.7. The van der Waals surface area contributed by atoms with E-state index in [9.17, 15) is 9.59 Å². The number of amides is 2. The number of cyclic esters (lactones) is 1. The van der Waals surface area contributed by atoms with Gasteiger partial charge in [-0.05, 0) is 24.6 Å². The van der Waals surface area contributed by atoms with Gasteiger partial charge in [-0.3, -0.25) is 9.69 Å². The third-order valence-electron chi connectivity index (χ3n) is 4.36. The summed E-state index contributed by atoms with van der Waals surface area (Å²) < 4.78 is 4.92. The van der Waals surface area contributed by atoms with Crippen LogP contribution in [0.2, 0.25) is 0 Å². The molecule has 1 atom stereocenters. The number of likely N-dealkylation sites (N-methyl/N-ethyl adjacent to an activating group) is 1. The molecule has 2 amide bonds. The molecule has 118 valence electrons. The van der Waals surface area contributed by atoms with E-state index < -0.39 is 12.1 Å². The normalized spacial score (nSPS) is 22.0. The number of benzene rings is 1. The molecule has 3 rings (SSSR count). The number of rotatable bonds is 2. The highest BCUT2D eigenvalue weighted by molar-refractivity contribution is 5.88. The van der Waals surface area contributed by atoms with Crippen molar-refractivity contribution in [3.05, 3.63) is 29.8 Å². The van der Waals surface area contributed by atoms with Crippen molar-refractivity contribution < 1.29 is 14.3 Å². The number of piperazine rings is 1. The van der Waals surface area contributed by atoms with Crippen LogP contribution in [0.3, 0.4) is 0 Å². The summed E-state index contributed by atoms with van der Waals surface area (Å²) >= 11 is 0. The molecular weight excluding hydrogens is 282 g/mol. The molecule has 2 fully saturated rings. The summed E-state index contributed by atoms with van der Waals surface area (Å²) in [6.07, 6.45) is -0.420. The van der Waals surface area contributed by atoms with Crippen molar-refractivity contribution in [2.75, 3.05) is 44.7 Å². The van der Waals surface area contributed by atoms with E-state index in [-0.39, 0.29) is 12.5 Å². The van der Waals surface area contributed by atoms with Crippen molar-refractivity contribution in [2.24, 2.45) is 0 Å². The van der Waals surface area contributed by atoms with Gasteiger partial charge in [0, 0.05) is 38.9 Å². The fourth-order valence-corrected chi connectivity index (χ4v) is 2.95. The number of hydrogen-bond acceptors (Lipinski definition) is 4. The van der Waals surface area contributed by atoms with E-state index >= 15 is 0 Å². The van der Waals surface area contributed by atoms with Gasteiger partial charge in [0.1, 0.15) is 12.6 Å². The van der Waals surface area contributed by atoms with Gasteiger partial charge in [-0.1, -0.05) is 12.1 Å². The molecule has 0 aromatic heterocycles. The molecule has 0 aliphatic carbocycles. The summed E-state index contributed by atoms with van der Waals surface area (Å²) in [6.45, 7) is 5.19. The van der Waals surface area contributed by atoms with E-state index in [1.54, 1.807) is 7.05 Å². The van der Waals surface area contributed by atoms with Gasteiger partial charge < -0.3 is 14.5 Å². The highest BCUT2D eigenvalue weighted by Gasteiger charge is 2.38. The van der Waals surface area contributed by atoms with Crippen molar-refractivity contribution in [2.45, 2.75) is 13.0 Å². The molecule has 0 saturated carbocycles. The molecule has 2 aliphatic rings. The van der Waals surface area contributed by atoms with E-state index in [4.69, 9.17) is 4.74 Å². The average Bonchev–Trinajstić information content (AvgIpc) is 2.86. The molecule has 1 aromatic rings. The number of anilines is 1. The van der Waals surface area contributed by atoms with Crippen LogP contribution in [0.5, 0.6) is 0 Å². The predicted molar refractivity (Wildman–Crippen MR) is 82.9 cm³/mol. The van der Waals surface area contributed by atoms with Crippen molar-refractivity contribution in [1.82, 2.24) is 9.80 Å². The van der Waals surface area contributed by atoms with Crippen LogP contribution in [0, 0.1) is 6.92 Å². The minimum absolute atomic E-state index is 0.0164. The summed E-state index contributed by atoms with van der Waals surface area (Å²) in [5, 5.41) is 0. The number of aryl methyl sites for hydroxylation is 1. The second kappa shape index (κ2) is 5.87. The third-order valence-corrected chi connectivity index (χ3v) is 4.36. The van der Waals surface area contributed by atoms with Crippen molar-refractivity contribution >= 4 is 17.7 Å². The molecule has 22 heavy (non-hydrogen) atoms. The van der Waals surface area contributed by atoms with Gasteiger partial charge in [0.15, 0.2) is 0 Å². The highest BCUT2D eigenvalue weighted by atomic mass is 16.6. The lowest BCUT2D eigenvalue weighted by Gasteiger charge is -2.37. The van der Waals surface area contributed by atoms with Crippen LogP contribution in [0.15, 0.2) is 24.3 Å². The zero-order valence-electron chi connectivity index (χ0n) is 13.0. The average molecular weight is 303 g/mol. The van der Waals surface area contributed by atoms with Gasteiger partial charge in [0.05, 0.1) is 0 Å². The topological polar surface area (TPSA) is 53.1 Å². The maximum Gasteiger partial charge on any atom is 0.410 e. The Morgan fingerprint density at radius 3 is 2.55 bits per heavy atom. The minimum atomic E-state index is -0.474. The Morgan fingerprint density at radius 1 is 1.23 bits per heavy atom. The Labute approximate surface area is 130 Å². The smallest absolute Gasteiger partial charge is 0.410 e. The molecule has 0 radical (unpaired) electrons. The molecule has 2 saturated heterocycles. The second-order valence-corrected chi connectivity index (χ2v) is 5.85. The molecule has 2 heterocycles. The number of nitrogens with zero attached hydrogens (tertiary/aromatic N) is 3. The minimum Gasteiger partial charge on any atom is -0.447 e. The first-order chi connectivity index (χ1) is 10.6. The quantitative estimate of drug-likeness (QED) is 0.821. The lowest BCUT2D eigenvalue weighted by atomic mass is 10.1. The maximum atomic E-state index is 12.5. The fourth-order valence-electron chi connectivity index (χ4n) is 2.95. The van der Waals surface area contributed by atoms with Crippen LogP contribution in [0.1, 0.15) is 5.56 Å². The third kappa shape index (κ3) is 2.73. The van der Waals surface area contributed by atoms with Crippen LogP contribution in [-0.2, 0) is 9.53 Å². The standard InChI is InChI=1S/C16H21N3O3/c1-12-4-3-5-13(10-12)18-6-8-19(9-7-18)15(20)14-11-22-16(21)17(14)2/h3-5,10,14H,6-9,11H2,1-2H3. The second-order valence-electron chi connectivity index (χ2n) is 5.85. The SMILES string of the molecule is Cc1cccc(N2CCN(C(=O)C3COC(=O)N3C)CC2)c1. The molecular formula is C16H21N3O3. The summed E-state index contributed by atoms with van der Waals surface area (Å²) in [4.78, 5) is 29.4. The largest absolute Gasteiger partial charge is 0.447 e. The van der Waals surface area contributed by atoms with Gasteiger partial charge in [0.2, 0.25) is 5.91 Å². The molecule has 1 unspecified atom stereocenters. The number of carbonyl (C=O) groups is 2. The number of hydrogen-bond donors (Lipinski definition) is 0. The van der Waals surface area contributed by atoms with Gasteiger partial charge in [-0.2, -0.15) is 0 Å². The Kier molecular flexibility index (Phi) is 3.92. The van der Waals surface area contributed by atoms with E-state index in [1.807, 2.05) is 4.90 Å². The molecule has 6 nitrogen and oxygen atoms in total. The molecule has 0 bridgehead atoms. The highest BCUT2D eigenvalue weighted by Crippen LogP contribution is 2.19. The van der Waals surface area contributed by atoms with Crippen molar-refractivity contribution in [3.63, 3.8) is 0 Å². The van der Waals surface area contributed by atoms with Crippen LogP contribution < -0.4 is 4.90 Å². The lowest BCUT2D eigenvalue weighted by molar-refractivity contribution is -0.135. The van der Waals surface area contributed by atoms with Gasteiger partial charge in [-0.15, -0.1) is 0 Å². The predicted octanol–water partition coefficient (Wildman–Crippen LogP) is 1.09. The first-order valence-electron chi connectivity index (χ1n) is 7.56. The summed E-state index contributed by atoms with van der Waals surface area (Å²) in [5.41, 5.74) is 2.43. The fraction of sp³-hybridized carbons (Fsp3) is 0.500. The van der Waals surface area contributed by atoms with Crippen LogP contribution >= 0.6 is 0 Å². The van der Waals surface area contributed by atoms with Crippen LogP contribution in [-0.4, -0.2) is 67.7 Å². The molecule has 0 N–H and O–H groups in total. The van der Waals surface area contributed by atoms with E-state index in [1.165, 1.54) is 16.2 Å². The maximum absolute atomic E-state index is 12.5. The Morgan fingerprint density at radius 2 is 1.95 bits per heavy atom. The first-order valence-corrected chi connectivity index (χ1v) is 7.56. The van der Waals surface area contributed by atoms with Crippen LogP contribution in [0.4, 0.5) is 10.5 Å². The van der Waals surface area contributed by atoms with Gasteiger partial charge in [0.25, 0.3) is 0 Å². The summed E-state index contributed by atoms with van der Waals surface area (Å²) in [6, 6.07) is 7.92. The zero-order valence-corrected chi connectivity index (χ0v) is 13.0.